The quantitative estimate of drug-likeness (QED) is 0.764. The van der Waals surface area contributed by atoms with E-state index in [1.165, 1.54) is 10.9 Å². The van der Waals surface area contributed by atoms with Crippen molar-refractivity contribution in [1.29, 1.82) is 0 Å². The minimum atomic E-state index is -4.30. The first kappa shape index (κ1) is 12.0. The minimum absolute atomic E-state index is 0.117. The van der Waals surface area contributed by atoms with Crippen molar-refractivity contribution in [3.8, 4) is 11.3 Å². The summed E-state index contributed by atoms with van der Waals surface area (Å²) in [4.78, 5) is 0.117. The molecule has 0 fully saturated rings. The van der Waals surface area contributed by atoms with Gasteiger partial charge in [-0.3, -0.25) is 4.68 Å². The van der Waals surface area contributed by atoms with Gasteiger partial charge in [0.1, 0.15) is 5.69 Å². The molecule has 0 amide bonds. The lowest BCUT2D eigenvalue weighted by Crippen LogP contribution is -1.99. The van der Waals surface area contributed by atoms with Gasteiger partial charge in [0.05, 0.1) is 4.90 Å². The van der Waals surface area contributed by atoms with E-state index < -0.39 is 5.51 Å². The maximum atomic E-state index is 12.4. The highest BCUT2D eigenvalue weighted by Gasteiger charge is 2.31. The molecular weight excluding hydrogens is 249 g/mol. The minimum Gasteiger partial charge on any atom is -0.274 e. The van der Waals surface area contributed by atoms with Gasteiger partial charge in [0.2, 0.25) is 0 Å². The smallest absolute Gasteiger partial charge is 0.274 e. The third-order valence-electron chi connectivity index (χ3n) is 2.07. The van der Waals surface area contributed by atoms with E-state index >= 15 is 0 Å². The second-order valence-electron chi connectivity index (χ2n) is 3.43. The molecule has 0 radical (unpaired) electrons. The summed E-state index contributed by atoms with van der Waals surface area (Å²) in [6.45, 7) is 0. The number of rotatable bonds is 2. The van der Waals surface area contributed by atoms with Crippen molar-refractivity contribution >= 4 is 11.8 Å². The lowest BCUT2D eigenvalue weighted by atomic mass is 10.2. The zero-order valence-electron chi connectivity index (χ0n) is 8.90. The third kappa shape index (κ3) is 3.03. The molecule has 2 rings (SSSR count). The van der Waals surface area contributed by atoms with Gasteiger partial charge < -0.3 is 0 Å². The molecule has 1 heterocycles. The molecule has 2 nitrogen and oxygen atoms in total. The van der Waals surface area contributed by atoms with E-state index in [9.17, 15) is 13.2 Å². The molecule has 0 spiro atoms. The fourth-order valence-electron chi connectivity index (χ4n) is 1.46. The first-order valence-electron chi connectivity index (χ1n) is 4.80. The van der Waals surface area contributed by atoms with Crippen LogP contribution in [0.4, 0.5) is 13.2 Å². The van der Waals surface area contributed by atoms with Gasteiger partial charge in [-0.05, 0) is 11.8 Å². The van der Waals surface area contributed by atoms with Crippen molar-refractivity contribution < 1.29 is 13.2 Å². The van der Waals surface area contributed by atoms with Gasteiger partial charge in [-0.2, -0.15) is 18.3 Å². The van der Waals surface area contributed by atoms with Crippen molar-refractivity contribution in [3.05, 3.63) is 36.5 Å². The van der Waals surface area contributed by atoms with Crippen molar-refractivity contribution in [3.63, 3.8) is 0 Å². The van der Waals surface area contributed by atoms with Crippen molar-refractivity contribution in [2.24, 2.45) is 7.05 Å². The maximum absolute atomic E-state index is 12.4. The first-order valence-corrected chi connectivity index (χ1v) is 5.62. The van der Waals surface area contributed by atoms with E-state index in [4.69, 9.17) is 0 Å². The third-order valence-corrected chi connectivity index (χ3v) is 2.82. The Morgan fingerprint density at radius 1 is 1.18 bits per heavy atom. The largest absolute Gasteiger partial charge is 0.446 e. The van der Waals surface area contributed by atoms with Gasteiger partial charge in [0.25, 0.3) is 0 Å². The summed E-state index contributed by atoms with van der Waals surface area (Å²) in [6.07, 6.45) is 1.38. The Hall–Kier alpha value is -1.43. The predicted molar refractivity (Wildman–Crippen MR) is 60.6 cm³/mol. The summed E-state index contributed by atoms with van der Waals surface area (Å²) >= 11 is -0.140. The number of hydrogen-bond acceptors (Lipinski definition) is 2. The summed E-state index contributed by atoms with van der Waals surface area (Å²) in [6, 6.07) is 8.83. The fourth-order valence-corrected chi connectivity index (χ4v) is 2.17. The van der Waals surface area contributed by atoms with Crippen molar-refractivity contribution in [1.82, 2.24) is 9.78 Å². The van der Waals surface area contributed by atoms with E-state index in [1.807, 2.05) is 6.07 Å². The highest BCUT2D eigenvalue weighted by atomic mass is 32.2. The van der Waals surface area contributed by atoms with Crippen molar-refractivity contribution in [2.45, 2.75) is 10.4 Å². The molecule has 0 saturated carbocycles. The Labute approximate surface area is 100 Å². The molecule has 90 valence electrons. The Kier molecular flexibility index (Phi) is 3.15. The van der Waals surface area contributed by atoms with E-state index in [2.05, 4.69) is 5.10 Å². The van der Waals surface area contributed by atoms with Crippen LogP contribution in [0.25, 0.3) is 11.3 Å². The van der Waals surface area contributed by atoms with Crippen LogP contribution >= 0.6 is 11.8 Å². The van der Waals surface area contributed by atoms with Crippen molar-refractivity contribution in [2.75, 3.05) is 0 Å². The number of thioether (sulfide) groups is 1. The normalized spacial score (nSPS) is 11.8. The van der Waals surface area contributed by atoms with E-state index in [-0.39, 0.29) is 16.7 Å². The molecule has 17 heavy (non-hydrogen) atoms. The topological polar surface area (TPSA) is 17.8 Å². The summed E-state index contributed by atoms with van der Waals surface area (Å²) in [5.41, 5.74) is -3.26. The molecule has 6 heteroatoms. The highest BCUT2D eigenvalue weighted by Crippen LogP contribution is 2.40. The number of alkyl halides is 3. The lowest BCUT2D eigenvalue weighted by molar-refractivity contribution is -0.0328. The number of halogens is 3. The van der Waals surface area contributed by atoms with Crippen LogP contribution in [0, 0.1) is 0 Å². The Morgan fingerprint density at radius 3 is 2.41 bits per heavy atom. The first-order chi connectivity index (χ1) is 7.96. The Morgan fingerprint density at radius 2 is 1.82 bits per heavy atom. The Bertz CT molecular complexity index is 505. The van der Waals surface area contributed by atoms with Gasteiger partial charge in [0.15, 0.2) is 0 Å². The van der Waals surface area contributed by atoms with Gasteiger partial charge >= 0.3 is 5.51 Å². The molecule has 2 aromatic rings. The zero-order chi connectivity index (χ0) is 12.5. The zero-order valence-corrected chi connectivity index (χ0v) is 9.72. The molecular formula is C11H9F3N2S. The monoisotopic (exact) mass is 258 g/mol. The van der Waals surface area contributed by atoms with E-state index in [0.717, 1.165) is 0 Å². The highest BCUT2D eigenvalue weighted by molar-refractivity contribution is 8.00. The number of aromatic nitrogens is 2. The standard InChI is InChI=1S/C11H9F3N2S/c1-16-7-9(17-11(12,13)14)10(15-16)8-5-3-2-4-6-8/h2-7H,1H3. The maximum Gasteiger partial charge on any atom is 0.446 e. The van der Waals surface area contributed by atoms with Crippen LogP contribution in [0.15, 0.2) is 41.4 Å². The molecule has 1 aromatic carbocycles. The number of benzene rings is 1. The van der Waals surface area contributed by atoms with Gasteiger partial charge in [0, 0.05) is 18.8 Å². The van der Waals surface area contributed by atoms with Crippen LogP contribution in [-0.2, 0) is 7.05 Å². The van der Waals surface area contributed by atoms with Crippen LogP contribution in [-0.4, -0.2) is 15.3 Å². The molecule has 0 aliphatic carbocycles. The molecule has 1 aromatic heterocycles. The lowest BCUT2D eigenvalue weighted by Gasteiger charge is -2.05. The van der Waals surface area contributed by atoms with Crippen LogP contribution in [0.1, 0.15) is 0 Å². The average Bonchev–Trinajstić information content (AvgIpc) is 2.58. The second kappa shape index (κ2) is 4.44. The van der Waals surface area contributed by atoms with E-state index in [1.54, 1.807) is 31.3 Å². The SMILES string of the molecule is Cn1cc(SC(F)(F)F)c(-c2ccccc2)n1. The van der Waals surface area contributed by atoms with Crippen LogP contribution < -0.4 is 0 Å². The number of aryl methyl sites for hydroxylation is 1. The van der Waals surface area contributed by atoms with Crippen LogP contribution in [0.2, 0.25) is 0 Å². The second-order valence-corrected chi connectivity index (χ2v) is 4.54. The van der Waals surface area contributed by atoms with Crippen LogP contribution in [0.5, 0.6) is 0 Å². The summed E-state index contributed by atoms with van der Waals surface area (Å²) in [5, 5.41) is 4.06. The number of nitrogens with zero attached hydrogens (tertiary/aromatic N) is 2. The Balaban J connectivity index is 2.41. The number of hydrogen-bond donors (Lipinski definition) is 0. The molecule has 0 saturated heterocycles. The average molecular weight is 258 g/mol. The molecule has 0 atom stereocenters. The summed E-state index contributed by atoms with van der Waals surface area (Å²) < 4.78 is 38.5. The molecule has 0 unspecified atom stereocenters. The molecule has 0 aliphatic rings. The fraction of sp³-hybridized carbons (Fsp3) is 0.182. The summed E-state index contributed by atoms with van der Waals surface area (Å²) in [7, 11) is 1.60. The van der Waals surface area contributed by atoms with Crippen LogP contribution in [0.3, 0.4) is 0 Å². The van der Waals surface area contributed by atoms with E-state index in [0.29, 0.717) is 11.3 Å². The van der Waals surface area contributed by atoms with Gasteiger partial charge in [-0.1, -0.05) is 30.3 Å². The predicted octanol–water partition coefficient (Wildman–Crippen LogP) is 3.70. The molecule has 0 bridgehead atoms. The molecule has 0 N–H and O–H groups in total. The van der Waals surface area contributed by atoms with Gasteiger partial charge in [-0.15, -0.1) is 0 Å². The van der Waals surface area contributed by atoms with Gasteiger partial charge in [-0.25, -0.2) is 0 Å². The summed E-state index contributed by atoms with van der Waals surface area (Å²) in [5.74, 6) is 0. The molecule has 0 aliphatic heterocycles.